The minimum absolute atomic E-state index is 0.434. The molecule has 0 spiro atoms. The summed E-state index contributed by atoms with van der Waals surface area (Å²) in [5, 5.41) is 17.8. The van der Waals surface area contributed by atoms with Crippen LogP contribution in [0.15, 0.2) is 48.7 Å². The largest absolute Gasteiger partial charge is 0.369 e. The smallest absolute Gasteiger partial charge is 0.101 e. The molecule has 2 N–H and O–H groups in total. The van der Waals surface area contributed by atoms with Crippen LogP contribution < -0.4 is 15.5 Å². The fraction of sp³-hybridized carbons (Fsp3) is 0.385. The molecule has 31 heavy (non-hydrogen) atoms. The summed E-state index contributed by atoms with van der Waals surface area (Å²) < 4.78 is 0. The van der Waals surface area contributed by atoms with Crippen LogP contribution in [-0.4, -0.2) is 30.7 Å². The molecular weight excluding hydrogens is 382 g/mol. The third kappa shape index (κ3) is 4.14. The number of fused-ring (bicyclic) bond motifs is 2. The van der Waals surface area contributed by atoms with Crippen molar-refractivity contribution < 1.29 is 0 Å². The third-order valence-corrected chi connectivity index (χ3v) is 6.62. The molecule has 2 aliphatic rings. The summed E-state index contributed by atoms with van der Waals surface area (Å²) in [4.78, 5) is 6.96. The number of nitrogens with zero attached hydrogens (tertiary/aromatic N) is 3. The average molecular weight is 412 g/mol. The maximum atomic E-state index is 9.46. The second-order valence-corrected chi connectivity index (χ2v) is 9.00. The number of nitrogens with one attached hydrogen (secondary N) is 2. The molecule has 2 aliphatic heterocycles. The Morgan fingerprint density at radius 1 is 1.19 bits per heavy atom. The molecule has 0 amide bonds. The SMILES string of the molecule is CC1CC(NCc2ccc3c(c2)CCNC3)CN(c2ccc(C#N)c3ncccc23)C1. The maximum absolute atomic E-state index is 9.46. The first-order valence-corrected chi connectivity index (χ1v) is 11.3. The van der Waals surface area contributed by atoms with Gasteiger partial charge in [0, 0.05) is 49.5 Å². The van der Waals surface area contributed by atoms with Crippen LogP contribution in [0.5, 0.6) is 0 Å². The van der Waals surface area contributed by atoms with E-state index < -0.39 is 0 Å². The molecule has 2 atom stereocenters. The second-order valence-electron chi connectivity index (χ2n) is 9.00. The van der Waals surface area contributed by atoms with Gasteiger partial charge in [0.2, 0.25) is 0 Å². The number of benzene rings is 2. The van der Waals surface area contributed by atoms with Crippen LogP contribution in [0.3, 0.4) is 0 Å². The summed E-state index contributed by atoms with van der Waals surface area (Å²) in [6.45, 7) is 7.30. The molecule has 0 aliphatic carbocycles. The minimum Gasteiger partial charge on any atom is -0.369 e. The summed E-state index contributed by atoms with van der Waals surface area (Å²) in [6, 6.07) is 17.7. The van der Waals surface area contributed by atoms with E-state index in [0.29, 0.717) is 17.5 Å². The molecule has 0 bridgehead atoms. The highest BCUT2D eigenvalue weighted by Gasteiger charge is 2.26. The lowest BCUT2D eigenvalue weighted by Gasteiger charge is -2.39. The van der Waals surface area contributed by atoms with E-state index in [1.807, 2.05) is 12.1 Å². The monoisotopic (exact) mass is 411 g/mol. The zero-order valence-electron chi connectivity index (χ0n) is 18.1. The van der Waals surface area contributed by atoms with Crippen molar-refractivity contribution in [1.82, 2.24) is 15.6 Å². The number of anilines is 1. The van der Waals surface area contributed by atoms with Gasteiger partial charge >= 0.3 is 0 Å². The summed E-state index contributed by atoms with van der Waals surface area (Å²) >= 11 is 0. The van der Waals surface area contributed by atoms with Crippen molar-refractivity contribution in [2.75, 3.05) is 24.5 Å². The van der Waals surface area contributed by atoms with Crippen molar-refractivity contribution in [2.45, 2.75) is 38.9 Å². The van der Waals surface area contributed by atoms with E-state index in [9.17, 15) is 5.26 Å². The quantitative estimate of drug-likeness (QED) is 0.684. The Bertz CT molecular complexity index is 1130. The van der Waals surface area contributed by atoms with Crippen LogP contribution in [0.2, 0.25) is 0 Å². The van der Waals surface area contributed by atoms with Gasteiger partial charge in [-0.2, -0.15) is 5.26 Å². The van der Waals surface area contributed by atoms with Gasteiger partial charge in [-0.25, -0.2) is 0 Å². The molecular formula is C26H29N5. The van der Waals surface area contributed by atoms with Gasteiger partial charge in [-0.15, -0.1) is 0 Å². The zero-order valence-corrected chi connectivity index (χ0v) is 18.1. The Kier molecular flexibility index (Phi) is 5.59. The lowest BCUT2D eigenvalue weighted by molar-refractivity contribution is 0.350. The standard InChI is InChI=1S/C26H29N5/c1-18-11-23(30-14-19-4-5-22-15-28-10-8-20(22)12-19)17-31(16-18)25-7-6-21(13-27)26-24(25)3-2-9-29-26/h2-7,9,12,18,23,28,30H,8,10-11,14-17H2,1H3. The molecule has 3 aromatic rings. The van der Waals surface area contributed by atoms with Gasteiger partial charge in [0.25, 0.3) is 0 Å². The molecule has 2 aromatic carbocycles. The summed E-state index contributed by atoms with van der Waals surface area (Å²) in [7, 11) is 0. The molecule has 5 rings (SSSR count). The van der Waals surface area contributed by atoms with Crippen molar-refractivity contribution in [1.29, 1.82) is 5.26 Å². The molecule has 1 saturated heterocycles. The zero-order chi connectivity index (χ0) is 21.2. The van der Waals surface area contributed by atoms with Gasteiger partial charge < -0.3 is 15.5 Å². The molecule has 158 valence electrons. The predicted octanol–water partition coefficient (Wildman–Crippen LogP) is 3.76. The Morgan fingerprint density at radius 3 is 3.03 bits per heavy atom. The fourth-order valence-electron chi connectivity index (χ4n) is 5.12. The van der Waals surface area contributed by atoms with Crippen molar-refractivity contribution in [3.8, 4) is 6.07 Å². The van der Waals surface area contributed by atoms with Crippen molar-refractivity contribution in [3.05, 3.63) is 70.9 Å². The van der Waals surface area contributed by atoms with E-state index in [2.05, 4.69) is 63.8 Å². The van der Waals surface area contributed by atoms with Crippen LogP contribution in [0.1, 0.15) is 35.6 Å². The molecule has 0 radical (unpaired) electrons. The van der Waals surface area contributed by atoms with Crippen LogP contribution in [-0.2, 0) is 19.5 Å². The molecule has 1 fully saturated rings. The topological polar surface area (TPSA) is 64.0 Å². The molecule has 1 aromatic heterocycles. The van der Waals surface area contributed by atoms with Crippen LogP contribution >= 0.6 is 0 Å². The van der Waals surface area contributed by atoms with E-state index in [1.165, 1.54) is 28.8 Å². The Hall–Kier alpha value is -2.94. The first-order valence-electron chi connectivity index (χ1n) is 11.3. The fourth-order valence-corrected chi connectivity index (χ4v) is 5.12. The Balaban J connectivity index is 1.33. The average Bonchev–Trinajstić information content (AvgIpc) is 2.81. The van der Waals surface area contributed by atoms with Gasteiger partial charge in [-0.05, 0) is 66.3 Å². The Labute approximate surface area is 184 Å². The first kappa shape index (κ1) is 20.0. The maximum Gasteiger partial charge on any atom is 0.101 e. The van der Waals surface area contributed by atoms with Crippen molar-refractivity contribution in [2.24, 2.45) is 5.92 Å². The van der Waals surface area contributed by atoms with Gasteiger partial charge in [0.1, 0.15) is 6.07 Å². The molecule has 5 heteroatoms. The van der Waals surface area contributed by atoms with E-state index in [1.54, 1.807) is 6.20 Å². The summed E-state index contributed by atoms with van der Waals surface area (Å²) in [5.41, 5.74) is 6.93. The predicted molar refractivity (Wildman–Crippen MR) is 125 cm³/mol. The lowest BCUT2D eigenvalue weighted by Crippen LogP contribution is -2.48. The highest BCUT2D eigenvalue weighted by molar-refractivity contribution is 5.95. The number of rotatable bonds is 4. The number of hydrogen-bond donors (Lipinski definition) is 2. The van der Waals surface area contributed by atoms with E-state index in [0.717, 1.165) is 50.0 Å². The van der Waals surface area contributed by atoms with Gasteiger partial charge in [-0.1, -0.05) is 25.1 Å². The summed E-state index contributed by atoms with van der Waals surface area (Å²) in [5.74, 6) is 0.600. The van der Waals surface area contributed by atoms with Gasteiger partial charge in [-0.3, -0.25) is 4.98 Å². The van der Waals surface area contributed by atoms with Crippen LogP contribution in [0.4, 0.5) is 5.69 Å². The highest BCUT2D eigenvalue weighted by atomic mass is 15.2. The van der Waals surface area contributed by atoms with Crippen molar-refractivity contribution >= 4 is 16.6 Å². The molecule has 0 saturated carbocycles. The molecule has 5 nitrogen and oxygen atoms in total. The lowest BCUT2D eigenvalue weighted by atomic mass is 9.94. The van der Waals surface area contributed by atoms with Crippen LogP contribution in [0.25, 0.3) is 10.9 Å². The Morgan fingerprint density at radius 2 is 2.13 bits per heavy atom. The number of piperidine rings is 1. The summed E-state index contributed by atoms with van der Waals surface area (Å²) in [6.07, 6.45) is 4.07. The van der Waals surface area contributed by atoms with E-state index >= 15 is 0 Å². The normalized spacial score (nSPS) is 21.0. The number of aromatic nitrogens is 1. The van der Waals surface area contributed by atoms with E-state index in [-0.39, 0.29) is 0 Å². The molecule has 3 heterocycles. The minimum atomic E-state index is 0.434. The van der Waals surface area contributed by atoms with Crippen LogP contribution in [0, 0.1) is 17.2 Å². The third-order valence-electron chi connectivity index (χ3n) is 6.62. The highest BCUT2D eigenvalue weighted by Crippen LogP contribution is 2.31. The number of hydrogen-bond acceptors (Lipinski definition) is 5. The number of nitriles is 1. The first-order chi connectivity index (χ1) is 15.2. The van der Waals surface area contributed by atoms with Gasteiger partial charge in [0.15, 0.2) is 0 Å². The van der Waals surface area contributed by atoms with Crippen molar-refractivity contribution in [3.63, 3.8) is 0 Å². The molecule has 2 unspecified atom stereocenters. The van der Waals surface area contributed by atoms with Gasteiger partial charge in [0.05, 0.1) is 11.1 Å². The second kappa shape index (κ2) is 8.66. The van der Waals surface area contributed by atoms with E-state index in [4.69, 9.17) is 0 Å². The number of pyridine rings is 1.